The first-order valence-corrected chi connectivity index (χ1v) is 5.12. The molecule has 0 radical (unpaired) electrons. The molecule has 4 N–H and O–H groups in total. The van der Waals surface area contributed by atoms with E-state index in [9.17, 15) is 9.59 Å². The number of ether oxygens (including phenoxy) is 1. The fourth-order valence-corrected chi connectivity index (χ4v) is 1.21. The summed E-state index contributed by atoms with van der Waals surface area (Å²) in [5.41, 5.74) is 0.453. The maximum absolute atomic E-state index is 11.4. The predicted octanol–water partition coefficient (Wildman–Crippen LogP) is 0.262. The van der Waals surface area contributed by atoms with Gasteiger partial charge in [0.05, 0.1) is 13.7 Å². The van der Waals surface area contributed by atoms with Crippen molar-refractivity contribution in [2.24, 2.45) is 0 Å². The molecule has 0 unspecified atom stereocenters. The molecule has 0 aliphatic carbocycles. The zero-order chi connectivity index (χ0) is 13.5. The Morgan fingerprint density at radius 3 is 2.72 bits per heavy atom. The zero-order valence-corrected chi connectivity index (χ0v) is 9.71. The lowest BCUT2D eigenvalue weighted by atomic mass is 10.3. The number of benzene rings is 1. The minimum Gasteiger partial charge on any atom is -0.497 e. The third-order valence-electron chi connectivity index (χ3n) is 2.11. The van der Waals surface area contributed by atoms with Crippen LogP contribution in [0.5, 0.6) is 5.75 Å². The summed E-state index contributed by atoms with van der Waals surface area (Å²) in [4.78, 5) is 22.0. The fourth-order valence-electron chi connectivity index (χ4n) is 1.21. The van der Waals surface area contributed by atoms with Crippen molar-refractivity contribution in [3.8, 4) is 5.75 Å². The van der Waals surface area contributed by atoms with Gasteiger partial charge in [0, 0.05) is 11.8 Å². The number of methoxy groups -OCH3 is 1. The molecule has 0 aliphatic heterocycles. The molecule has 0 aliphatic rings. The molecule has 1 atom stereocenters. The molecule has 2 amide bonds. The largest absolute Gasteiger partial charge is 0.497 e. The van der Waals surface area contributed by atoms with E-state index in [0.29, 0.717) is 11.4 Å². The van der Waals surface area contributed by atoms with Gasteiger partial charge in [0.25, 0.3) is 0 Å². The molecule has 0 spiro atoms. The number of urea groups is 1. The number of rotatable bonds is 5. The lowest BCUT2D eigenvalue weighted by molar-refractivity contribution is -0.140. The van der Waals surface area contributed by atoms with E-state index in [0.717, 1.165) is 0 Å². The summed E-state index contributed by atoms with van der Waals surface area (Å²) >= 11 is 0. The number of hydrogen-bond donors (Lipinski definition) is 4. The number of carboxylic acid groups (broad SMARTS) is 1. The monoisotopic (exact) mass is 254 g/mol. The highest BCUT2D eigenvalue weighted by Gasteiger charge is 2.18. The van der Waals surface area contributed by atoms with E-state index in [2.05, 4.69) is 10.6 Å². The number of carbonyl (C=O) groups excluding carboxylic acids is 1. The lowest BCUT2D eigenvalue weighted by Crippen LogP contribution is -2.45. The van der Waals surface area contributed by atoms with Gasteiger partial charge in [-0.1, -0.05) is 6.07 Å². The Morgan fingerprint density at radius 2 is 2.17 bits per heavy atom. The minimum absolute atomic E-state index is 0.453. The van der Waals surface area contributed by atoms with Crippen molar-refractivity contribution in [1.82, 2.24) is 5.32 Å². The maximum Gasteiger partial charge on any atom is 0.328 e. The molecule has 1 aromatic rings. The molecule has 0 saturated heterocycles. The Balaban J connectivity index is 2.61. The number of aliphatic hydroxyl groups excluding tert-OH is 1. The van der Waals surface area contributed by atoms with Gasteiger partial charge in [-0.25, -0.2) is 9.59 Å². The van der Waals surface area contributed by atoms with Crippen LogP contribution in [-0.4, -0.2) is 42.0 Å². The van der Waals surface area contributed by atoms with Crippen LogP contribution in [0.25, 0.3) is 0 Å². The molecule has 1 rings (SSSR count). The summed E-state index contributed by atoms with van der Waals surface area (Å²) in [7, 11) is 1.49. The molecular weight excluding hydrogens is 240 g/mol. The van der Waals surface area contributed by atoms with Crippen molar-refractivity contribution >= 4 is 17.7 Å². The third-order valence-corrected chi connectivity index (χ3v) is 2.11. The van der Waals surface area contributed by atoms with Crippen LogP contribution in [0.1, 0.15) is 0 Å². The number of aliphatic carboxylic acids is 1. The van der Waals surface area contributed by atoms with Crippen LogP contribution in [0.2, 0.25) is 0 Å². The highest BCUT2D eigenvalue weighted by atomic mass is 16.5. The Bertz CT molecular complexity index is 435. The Labute approximate surface area is 103 Å². The van der Waals surface area contributed by atoms with Crippen molar-refractivity contribution < 1.29 is 24.5 Å². The predicted molar refractivity (Wildman–Crippen MR) is 63.7 cm³/mol. The van der Waals surface area contributed by atoms with E-state index in [4.69, 9.17) is 14.9 Å². The van der Waals surface area contributed by atoms with E-state index < -0.39 is 24.6 Å². The van der Waals surface area contributed by atoms with Crippen LogP contribution in [0, 0.1) is 0 Å². The molecule has 0 heterocycles. The number of hydrogen-bond acceptors (Lipinski definition) is 4. The standard InChI is InChI=1S/C11H14N2O5/c1-18-8-4-2-3-7(5-8)12-11(17)13-9(6-14)10(15)16/h2-5,9,14H,6H2,1H3,(H,15,16)(H2,12,13,17)/t9-/m1/s1. The topological polar surface area (TPSA) is 108 Å². The van der Waals surface area contributed by atoms with E-state index >= 15 is 0 Å². The Kier molecular flexibility index (Phi) is 4.94. The second-order valence-electron chi connectivity index (χ2n) is 3.40. The minimum atomic E-state index is -1.34. The normalized spacial score (nSPS) is 11.4. The number of carbonyl (C=O) groups is 2. The molecule has 98 valence electrons. The number of aliphatic hydroxyl groups is 1. The highest BCUT2D eigenvalue weighted by molar-refractivity contribution is 5.92. The van der Waals surface area contributed by atoms with Crippen LogP contribution in [0.4, 0.5) is 10.5 Å². The summed E-state index contributed by atoms with van der Waals surface area (Å²) in [6.07, 6.45) is 0. The van der Waals surface area contributed by atoms with Gasteiger partial charge >= 0.3 is 12.0 Å². The summed E-state index contributed by atoms with van der Waals surface area (Å²) in [6, 6.07) is 4.53. The van der Waals surface area contributed by atoms with Gasteiger partial charge in [0.2, 0.25) is 0 Å². The zero-order valence-electron chi connectivity index (χ0n) is 9.71. The van der Waals surface area contributed by atoms with Gasteiger partial charge in [-0.2, -0.15) is 0 Å². The van der Waals surface area contributed by atoms with Crippen LogP contribution >= 0.6 is 0 Å². The first-order chi connectivity index (χ1) is 8.56. The van der Waals surface area contributed by atoms with Crippen molar-refractivity contribution in [2.45, 2.75) is 6.04 Å². The molecule has 1 aromatic carbocycles. The molecule has 0 aromatic heterocycles. The van der Waals surface area contributed by atoms with Gasteiger partial charge in [-0.15, -0.1) is 0 Å². The van der Waals surface area contributed by atoms with Crippen molar-refractivity contribution in [2.75, 3.05) is 19.0 Å². The van der Waals surface area contributed by atoms with Crippen LogP contribution in [-0.2, 0) is 4.79 Å². The summed E-state index contributed by atoms with van der Waals surface area (Å²) < 4.78 is 4.97. The van der Waals surface area contributed by atoms with Gasteiger partial charge in [0.1, 0.15) is 5.75 Å². The van der Waals surface area contributed by atoms with E-state index in [1.807, 2.05) is 0 Å². The summed E-state index contributed by atoms with van der Waals surface area (Å²) in [5, 5.41) is 21.9. The van der Waals surface area contributed by atoms with E-state index in [1.165, 1.54) is 7.11 Å². The number of carboxylic acids is 1. The molecule has 0 saturated carbocycles. The second kappa shape index (κ2) is 6.45. The average molecular weight is 254 g/mol. The van der Waals surface area contributed by atoms with Crippen LogP contribution in [0.15, 0.2) is 24.3 Å². The maximum atomic E-state index is 11.4. The van der Waals surface area contributed by atoms with Crippen molar-refractivity contribution in [3.63, 3.8) is 0 Å². The highest BCUT2D eigenvalue weighted by Crippen LogP contribution is 2.16. The van der Waals surface area contributed by atoms with Gasteiger partial charge in [-0.05, 0) is 12.1 Å². The fraction of sp³-hybridized carbons (Fsp3) is 0.273. The quantitative estimate of drug-likeness (QED) is 0.603. The van der Waals surface area contributed by atoms with Crippen LogP contribution < -0.4 is 15.4 Å². The molecule has 7 nitrogen and oxygen atoms in total. The first-order valence-electron chi connectivity index (χ1n) is 5.12. The van der Waals surface area contributed by atoms with E-state index in [1.54, 1.807) is 24.3 Å². The van der Waals surface area contributed by atoms with E-state index in [-0.39, 0.29) is 0 Å². The van der Waals surface area contributed by atoms with Crippen molar-refractivity contribution in [1.29, 1.82) is 0 Å². The lowest BCUT2D eigenvalue weighted by Gasteiger charge is -2.12. The smallest absolute Gasteiger partial charge is 0.328 e. The Morgan fingerprint density at radius 1 is 1.44 bits per heavy atom. The first kappa shape index (κ1) is 13.8. The molecule has 0 fully saturated rings. The van der Waals surface area contributed by atoms with Gasteiger partial charge in [-0.3, -0.25) is 0 Å². The molecule has 18 heavy (non-hydrogen) atoms. The molecule has 0 bridgehead atoms. The Hall–Kier alpha value is -2.28. The number of anilines is 1. The summed E-state index contributed by atoms with van der Waals surface area (Å²) in [5.74, 6) is -0.747. The molecule has 7 heteroatoms. The molecular formula is C11H14N2O5. The average Bonchev–Trinajstić information content (AvgIpc) is 2.35. The van der Waals surface area contributed by atoms with Gasteiger partial charge < -0.3 is 25.6 Å². The van der Waals surface area contributed by atoms with Crippen molar-refractivity contribution in [3.05, 3.63) is 24.3 Å². The number of nitrogens with one attached hydrogen (secondary N) is 2. The van der Waals surface area contributed by atoms with Crippen LogP contribution in [0.3, 0.4) is 0 Å². The second-order valence-corrected chi connectivity index (χ2v) is 3.40. The van der Waals surface area contributed by atoms with Gasteiger partial charge in [0.15, 0.2) is 6.04 Å². The SMILES string of the molecule is COc1cccc(NC(=O)N[C@H](CO)C(=O)O)c1. The third kappa shape index (κ3) is 3.95. The summed E-state index contributed by atoms with van der Waals surface area (Å²) in [6.45, 7) is -0.680. The number of amides is 2.